The quantitative estimate of drug-likeness (QED) is 0.668. The van der Waals surface area contributed by atoms with E-state index in [0.29, 0.717) is 19.1 Å². The highest BCUT2D eigenvalue weighted by atomic mass is 16.6. The van der Waals surface area contributed by atoms with Gasteiger partial charge < -0.3 is 14.8 Å². The first-order chi connectivity index (χ1) is 9.56. The molecule has 0 saturated heterocycles. The van der Waals surface area contributed by atoms with Crippen molar-refractivity contribution in [3.05, 3.63) is 27.8 Å². The lowest BCUT2D eigenvalue weighted by Gasteiger charge is -2.20. The summed E-state index contributed by atoms with van der Waals surface area (Å²) in [5, 5.41) is 13.8. The van der Waals surface area contributed by atoms with Gasteiger partial charge in [-0.2, -0.15) is 0 Å². The molecular weight excluding hydrogens is 264 g/mol. The van der Waals surface area contributed by atoms with Gasteiger partial charge in [0.25, 0.3) is 11.6 Å². The number of nitro groups is 1. The number of hydrogen-bond acceptors (Lipinski definition) is 5. The summed E-state index contributed by atoms with van der Waals surface area (Å²) in [6.07, 6.45) is 0.931. The molecule has 2 aliphatic rings. The summed E-state index contributed by atoms with van der Waals surface area (Å²) >= 11 is 0. The lowest BCUT2D eigenvalue weighted by molar-refractivity contribution is -0.385. The monoisotopic (exact) mass is 278 g/mol. The van der Waals surface area contributed by atoms with Crippen molar-refractivity contribution in [2.24, 2.45) is 5.92 Å². The minimum absolute atomic E-state index is 0.141. The first kappa shape index (κ1) is 12.7. The van der Waals surface area contributed by atoms with Crippen molar-refractivity contribution in [1.82, 2.24) is 5.32 Å². The molecule has 0 unspecified atom stereocenters. The largest absolute Gasteiger partial charge is 0.486 e. The van der Waals surface area contributed by atoms with Crippen LogP contribution < -0.4 is 14.8 Å². The van der Waals surface area contributed by atoms with Gasteiger partial charge in [-0.15, -0.1) is 0 Å². The number of ether oxygens (including phenoxy) is 2. The van der Waals surface area contributed by atoms with Crippen LogP contribution >= 0.6 is 0 Å². The molecule has 0 bridgehead atoms. The molecule has 3 rings (SSSR count). The maximum absolute atomic E-state index is 12.2. The van der Waals surface area contributed by atoms with Crippen molar-refractivity contribution in [2.75, 3.05) is 13.2 Å². The van der Waals surface area contributed by atoms with Crippen LogP contribution in [-0.4, -0.2) is 30.1 Å². The second kappa shape index (κ2) is 4.66. The fourth-order valence-electron chi connectivity index (χ4n) is 2.18. The zero-order valence-electron chi connectivity index (χ0n) is 10.9. The van der Waals surface area contributed by atoms with E-state index in [9.17, 15) is 14.9 Å². The van der Waals surface area contributed by atoms with Crippen LogP contribution in [0.25, 0.3) is 0 Å². The maximum atomic E-state index is 12.2. The summed E-state index contributed by atoms with van der Waals surface area (Å²) in [6.45, 7) is 2.67. The van der Waals surface area contributed by atoms with Crippen LogP contribution in [0.3, 0.4) is 0 Å². The van der Waals surface area contributed by atoms with Crippen LogP contribution in [0.5, 0.6) is 11.5 Å². The van der Waals surface area contributed by atoms with Gasteiger partial charge in [0.2, 0.25) is 0 Å². The smallest absolute Gasteiger partial charge is 0.274 e. The van der Waals surface area contributed by atoms with Gasteiger partial charge in [-0.05, 0) is 12.3 Å². The van der Waals surface area contributed by atoms with Crippen LogP contribution in [0.15, 0.2) is 12.1 Å². The summed E-state index contributed by atoms with van der Waals surface area (Å²) in [5.41, 5.74) is -0.0174. The van der Waals surface area contributed by atoms with E-state index in [1.54, 1.807) is 0 Å². The Hall–Kier alpha value is -2.31. The number of nitrogens with zero attached hydrogens (tertiary/aromatic N) is 1. The number of nitrogens with one attached hydrogen (secondary N) is 1. The molecule has 1 N–H and O–H groups in total. The fraction of sp³-hybridized carbons (Fsp3) is 0.462. The van der Waals surface area contributed by atoms with Crippen LogP contribution in [-0.2, 0) is 0 Å². The van der Waals surface area contributed by atoms with E-state index in [1.807, 2.05) is 6.92 Å². The van der Waals surface area contributed by atoms with E-state index < -0.39 is 4.92 Å². The van der Waals surface area contributed by atoms with E-state index in [-0.39, 0.29) is 34.7 Å². The van der Waals surface area contributed by atoms with Crippen molar-refractivity contribution < 1.29 is 19.2 Å². The molecule has 1 aromatic carbocycles. The molecule has 1 amide bonds. The van der Waals surface area contributed by atoms with Gasteiger partial charge in [0.1, 0.15) is 13.2 Å². The molecule has 1 heterocycles. The molecule has 20 heavy (non-hydrogen) atoms. The average Bonchev–Trinajstić information content (AvgIpc) is 3.12. The molecule has 0 radical (unpaired) electrons. The summed E-state index contributed by atoms with van der Waals surface area (Å²) < 4.78 is 10.8. The van der Waals surface area contributed by atoms with E-state index in [1.165, 1.54) is 12.1 Å². The van der Waals surface area contributed by atoms with Crippen molar-refractivity contribution in [3.8, 4) is 11.5 Å². The van der Waals surface area contributed by atoms with Gasteiger partial charge in [0.05, 0.1) is 16.6 Å². The van der Waals surface area contributed by atoms with Crippen molar-refractivity contribution in [1.29, 1.82) is 0 Å². The Morgan fingerprint density at radius 3 is 2.75 bits per heavy atom. The molecule has 1 aliphatic carbocycles. The van der Waals surface area contributed by atoms with Crippen LogP contribution in [0.4, 0.5) is 5.69 Å². The normalized spacial score (nSPS) is 23.1. The lowest BCUT2D eigenvalue weighted by atomic mass is 10.1. The zero-order valence-corrected chi connectivity index (χ0v) is 10.9. The Labute approximate surface area is 115 Å². The summed E-state index contributed by atoms with van der Waals surface area (Å²) in [4.78, 5) is 22.6. The maximum Gasteiger partial charge on any atom is 0.274 e. The van der Waals surface area contributed by atoms with Crippen molar-refractivity contribution in [2.45, 2.75) is 19.4 Å². The van der Waals surface area contributed by atoms with Gasteiger partial charge >= 0.3 is 0 Å². The lowest BCUT2D eigenvalue weighted by Crippen LogP contribution is -2.28. The van der Waals surface area contributed by atoms with Crippen LogP contribution in [0.1, 0.15) is 23.7 Å². The molecule has 7 nitrogen and oxygen atoms in total. The summed E-state index contributed by atoms with van der Waals surface area (Å²) in [5.74, 6) is 0.627. The van der Waals surface area contributed by atoms with Crippen molar-refractivity contribution in [3.63, 3.8) is 0 Å². The van der Waals surface area contributed by atoms with E-state index in [4.69, 9.17) is 9.47 Å². The number of non-ortho nitro benzene ring substituents is 1. The Morgan fingerprint density at radius 1 is 1.40 bits per heavy atom. The van der Waals surface area contributed by atoms with Gasteiger partial charge in [-0.3, -0.25) is 14.9 Å². The fourth-order valence-corrected chi connectivity index (χ4v) is 2.18. The van der Waals surface area contributed by atoms with Gasteiger partial charge in [-0.25, -0.2) is 0 Å². The van der Waals surface area contributed by atoms with Gasteiger partial charge in [0, 0.05) is 12.1 Å². The topological polar surface area (TPSA) is 90.7 Å². The molecule has 106 valence electrons. The third kappa shape index (κ3) is 2.26. The second-order valence-corrected chi connectivity index (χ2v) is 5.07. The predicted octanol–water partition coefficient (Wildman–Crippen LogP) is 1.50. The molecule has 1 saturated carbocycles. The zero-order chi connectivity index (χ0) is 14.3. The highest BCUT2D eigenvalue weighted by Crippen LogP contribution is 2.38. The highest BCUT2D eigenvalue weighted by Gasteiger charge is 2.35. The molecule has 1 aliphatic heterocycles. The minimum atomic E-state index is -0.547. The van der Waals surface area contributed by atoms with Crippen LogP contribution in [0.2, 0.25) is 0 Å². The summed E-state index contributed by atoms with van der Waals surface area (Å²) in [6, 6.07) is 2.66. The first-order valence-electron chi connectivity index (χ1n) is 6.45. The minimum Gasteiger partial charge on any atom is -0.486 e. The highest BCUT2D eigenvalue weighted by molar-refractivity contribution is 5.99. The summed E-state index contributed by atoms with van der Waals surface area (Å²) in [7, 11) is 0. The van der Waals surface area contributed by atoms with Gasteiger partial charge in [-0.1, -0.05) is 6.92 Å². The molecule has 1 fully saturated rings. The first-order valence-corrected chi connectivity index (χ1v) is 6.45. The Bertz CT molecular complexity index is 586. The average molecular weight is 278 g/mol. The molecule has 0 aromatic heterocycles. The Morgan fingerprint density at radius 2 is 2.10 bits per heavy atom. The van der Waals surface area contributed by atoms with Crippen molar-refractivity contribution >= 4 is 11.6 Å². The Kier molecular flexibility index (Phi) is 2.96. The predicted molar refractivity (Wildman–Crippen MR) is 69.1 cm³/mol. The third-order valence-electron chi connectivity index (χ3n) is 3.51. The third-order valence-corrected chi connectivity index (χ3v) is 3.51. The van der Waals surface area contributed by atoms with E-state index in [0.717, 1.165) is 6.42 Å². The SMILES string of the molecule is C[C@@H]1C[C@@H]1NC(=O)c1cc([N+](=O)[O-])cc2c1OCCO2. The van der Waals surface area contributed by atoms with Crippen LogP contribution in [0, 0.1) is 16.0 Å². The van der Waals surface area contributed by atoms with E-state index in [2.05, 4.69) is 5.32 Å². The number of amides is 1. The number of fused-ring (bicyclic) bond motifs is 1. The number of hydrogen-bond donors (Lipinski definition) is 1. The molecule has 0 spiro atoms. The Balaban J connectivity index is 1.96. The second-order valence-electron chi connectivity index (χ2n) is 5.07. The number of benzene rings is 1. The number of carbonyl (C=O) groups excluding carboxylic acids is 1. The standard InChI is InChI=1S/C13H14N2O5/c1-7-4-10(7)14-13(16)9-5-8(15(17)18)6-11-12(9)20-3-2-19-11/h5-7,10H,2-4H2,1H3,(H,14,16)/t7-,10+/m1/s1. The number of rotatable bonds is 3. The molecule has 7 heteroatoms. The molecular formula is C13H14N2O5. The van der Waals surface area contributed by atoms with E-state index >= 15 is 0 Å². The number of nitro benzene ring substituents is 1. The molecule has 1 aromatic rings. The number of carbonyl (C=O) groups is 1. The van der Waals surface area contributed by atoms with Gasteiger partial charge in [0.15, 0.2) is 11.5 Å². The molecule has 2 atom stereocenters.